The number of hydrogen-bond donors (Lipinski definition) is 3. The Bertz CT molecular complexity index is 1250. The van der Waals surface area contributed by atoms with E-state index in [2.05, 4.69) is 36.7 Å². The number of rotatable bonds is 4. The van der Waals surface area contributed by atoms with Gasteiger partial charge < -0.3 is 16.0 Å². The van der Waals surface area contributed by atoms with Crippen LogP contribution in [0.15, 0.2) is 41.3 Å². The summed E-state index contributed by atoms with van der Waals surface area (Å²) in [6.45, 7) is 6.74. The Morgan fingerprint density at radius 3 is 2.58 bits per heavy atom. The Balaban J connectivity index is 1.54. The minimum absolute atomic E-state index is 0.0878. The van der Waals surface area contributed by atoms with E-state index < -0.39 is 33.0 Å². The quantitative estimate of drug-likeness (QED) is 0.633. The summed E-state index contributed by atoms with van der Waals surface area (Å²) in [6, 6.07) is 8.62. The highest BCUT2D eigenvalue weighted by Gasteiger charge is 2.53. The smallest absolute Gasteiger partial charge is 0.241 e. The van der Waals surface area contributed by atoms with Gasteiger partial charge in [-0.15, -0.1) is 0 Å². The summed E-state index contributed by atoms with van der Waals surface area (Å²) < 4.78 is 37.6. The van der Waals surface area contributed by atoms with Gasteiger partial charge in [0.05, 0.1) is 22.0 Å². The first kappa shape index (κ1) is 23.4. The van der Waals surface area contributed by atoms with E-state index in [0.717, 1.165) is 35.6 Å². The molecule has 0 radical (unpaired) electrons. The number of anilines is 2. The van der Waals surface area contributed by atoms with Crippen LogP contribution in [0.2, 0.25) is 0 Å². The number of fused-ring (bicyclic) bond motifs is 2. The van der Waals surface area contributed by atoms with Gasteiger partial charge in [-0.3, -0.25) is 9.59 Å². The van der Waals surface area contributed by atoms with Crippen molar-refractivity contribution < 1.29 is 22.4 Å². The van der Waals surface area contributed by atoms with Crippen LogP contribution in [0.3, 0.4) is 0 Å². The van der Waals surface area contributed by atoms with Crippen molar-refractivity contribution >= 4 is 33.0 Å². The SMILES string of the molecule is CC(C)(C)Cc1ccc2c(c1)C1(CNC(C(=O)Nc3ccc(S(C)(=O)=O)cc3F)C1)C(=O)N2. The summed E-state index contributed by atoms with van der Waals surface area (Å²) in [6.07, 6.45) is 2.07. The molecule has 0 aliphatic carbocycles. The minimum Gasteiger partial charge on any atom is -0.325 e. The lowest BCUT2D eigenvalue weighted by molar-refractivity contribution is -0.120. The van der Waals surface area contributed by atoms with Crippen LogP contribution in [-0.4, -0.2) is 39.1 Å². The molecule has 7 nitrogen and oxygen atoms in total. The van der Waals surface area contributed by atoms with Gasteiger partial charge in [-0.25, -0.2) is 12.8 Å². The average Bonchev–Trinajstić information content (AvgIpc) is 3.25. The molecule has 2 aliphatic rings. The molecule has 2 aliphatic heterocycles. The molecule has 0 saturated carbocycles. The Hall–Kier alpha value is -2.78. The first-order valence-electron chi connectivity index (χ1n) is 10.8. The fourth-order valence-electron chi connectivity index (χ4n) is 4.58. The van der Waals surface area contributed by atoms with Crippen molar-refractivity contribution in [1.29, 1.82) is 0 Å². The normalized spacial score (nSPS) is 22.3. The fraction of sp³-hybridized carbons (Fsp3) is 0.417. The summed E-state index contributed by atoms with van der Waals surface area (Å²) in [5, 5.41) is 8.56. The van der Waals surface area contributed by atoms with E-state index >= 15 is 0 Å². The molecule has 2 aromatic rings. The van der Waals surface area contributed by atoms with Crippen LogP contribution in [0, 0.1) is 11.2 Å². The van der Waals surface area contributed by atoms with Crippen LogP contribution >= 0.6 is 0 Å². The van der Waals surface area contributed by atoms with Crippen LogP contribution in [-0.2, 0) is 31.3 Å². The molecule has 2 heterocycles. The van der Waals surface area contributed by atoms with Crippen LogP contribution in [0.4, 0.5) is 15.8 Å². The lowest BCUT2D eigenvalue weighted by atomic mass is 9.78. The van der Waals surface area contributed by atoms with Crippen molar-refractivity contribution in [3.63, 3.8) is 0 Å². The summed E-state index contributed by atoms with van der Waals surface area (Å²) in [4.78, 5) is 25.7. The lowest BCUT2D eigenvalue weighted by Crippen LogP contribution is -2.36. The van der Waals surface area contributed by atoms with Crippen molar-refractivity contribution in [3.8, 4) is 0 Å². The maximum absolute atomic E-state index is 14.4. The number of carbonyl (C=O) groups is 2. The third-order valence-electron chi connectivity index (χ3n) is 6.16. The van der Waals surface area contributed by atoms with Gasteiger partial charge in [0.2, 0.25) is 11.8 Å². The number of amides is 2. The second-order valence-electron chi connectivity index (χ2n) is 10.2. The monoisotopic (exact) mass is 473 g/mol. The van der Waals surface area contributed by atoms with E-state index in [4.69, 9.17) is 0 Å². The van der Waals surface area contributed by atoms with E-state index in [0.29, 0.717) is 6.54 Å². The van der Waals surface area contributed by atoms with Gasteiger partial charge in [-0.1, -0.05) is 32.9 Å². The molecule has 0 bridgehead atoms. The van der Waals surface area contributed by atoms with E-state index in [9.17, 15) is 22.4 Å². The Kier molecular flexibility index (Phi) is 5.61. The number of carbonyl (C=O) groups excluding carboxylic acids is 2. The zero-order chi connectivity index (χ0) is 24.2. The van der Waals surface area contributed by atoms with Gasteiger partial charge in [0.25, 0.3) is 0 Å². The van der Waals surface area contributed by atoms with Crippen molar-refractivity contribution in [3.05, 3.63) is 53.3 Å². The average molecular weight is 474 g/mol. The highest BCUT2D eigenvalue weighted by atomic mass is 32.2. The molecule has 3 N–H and O–H groups in total. The largest absolute Gasteiger partial charge is 0.325 e. The molecule has 33 heavy (non-hydrogen) atoms. The second-order valence-corrected chi connectivity index (χ2v) is 12.2. The van der Waals surface area contributed by atoms with Gasteiger partial charge in [-0.2, -0.15) is 0 Å². The molecule has 0 aromatic heterocycles. The Labute approximate surface area is 193 Å². The van der Waals surface area contributed by atoms with E-state index in [1.807, 2.05) is 18.2 Å². The van der Waals surface area contributed by atoms with Gasteiger partial charge in [0, 0.05) is 18.5 Å². The molecule has 9 heteroatoms. The van der Waals surface area contributed by atoms with E-state index in [-0.39, 0.29) is 28.3 Å². The number of sulfone groups is 1. The van der Waals surface area contributed by atoms with E-state index in [1.54, 1.807) is 0 Å². The summed E-state index contributed by atoms with van der Waals surface area (Å²) >= 11 is 0. The lowest BCUT2D eigenvalue weighted by Gasteiger charge is -2.23. The van der Waals surface area contributed by atoms with Gasteiger partial charge >= 0.3 is 0 Å². The van der Waals surface area contributed by atoms with E-state index in [1.165, 1.54) is 12.1 Å². The number of benzene rings is 2. The van der Waals surface area contributed by atoms with Crippen LogP contribution in [0.25, 0.3) is 0 Å². The number of nitrogens with one attached hydrogen (secondary N) is 3. The second kappa shape index (κ2) is 7.92. The molecule has 2 amide bonds. The third kappa shape index (κ3) is 4.52. The van der Waals surface area contributed by atoms with Crippen LogP contribution in [0.5, 0.6) is 0 Å². The highest BCUT2D eigenvalue weighted by molar-refractivity contribution is 7.90. The molecular weight excluding hydrogens is 445 g/mol. The van der Waals surface area contributed by atoms with Crippen LogP contribution < -0.4 is 16.0 Å². The summed E-state index contributed by atoms with van der Waals surface area (Å²) in [5.41, 5.74) is 1.86. The molecule has 2 unspecified atom stereocenters. The van der Waals surface area contributed by atoms with Crippen molar-refractivity contribution in [2.45, 2.75) is 50.0 Å². The zero-order valence-electron chi connectivity index (χ0n) is 19.1. The van der Waals surface area contributed by atoms with Crippen molar-refractivity contribution in [2.24, 2.45) is 5.41 Å². The predicted molar refractivity (Wildman–Crippen MR) is 124 cm³/mol. The number of hydrogen-bond acceptors (Lipinski definition) is 5. The predicted octanol–water partition coefficient (Wildman–Crippen LogP) is 3.01. The van der Waals surface area contributed by atoms with Gasteiger partial charge in [0.15, 0.2) is 9.84 Å². The van der Waals surface area contributed by atoms with Gasteiger partial charge in [0.1, 0.15) is 5.82 Å². The first-order valence-corrected chi connectivity index (χ1v) is 12.7. The molecule has 1 fully saturated rings. The topological polar surface area (TPSA) is 104 Å². The fourth-order valence-corrected chi connectivity index (χ4v) is 5.22. The maximum atomic E-state index is 14.4. The Morgan fingerprint density at radius 1 is 1.21 bits per heavy atom. The minimum atomic E-state index is -3.56. The summed E-state index contributed by atoms with van der Waals surface area (Å²) in [7, 11) is -3.56. The third-order valence-corrected chi connectivity index (χ3v) is 7.27. The highest BCUT2D eigenvalue weighted by Crippen LogP contribution is 2.44. The maximum Gasteiger partial charge on any atom is 0.241 e. The molecule has 1 saturated heterocycles. The van der Waals surface area contributed by atoms with Crippen LogP contribution in [0.1, 0.15) is 38.3 Å². The van der Waals surface area contributed by atoms with Gasteiger partial charge in [-0.05, 0) is 53.6 Å². The molecule has 176 valence electrons. The standard InChI is InChI=1S/C24H28FN3O4S/c1-23(2,3)11-14-5-7-18-16(9-14)24(22(30)28-18)12-20(26-13-24)21(29)27-19-8-6-15(10-17(19)25)33(4,31)32/h5-10,20,26H,11-13H2,1-4H3,(H,27,29)(H,28,30). The van der Waals surface area contributed by atoms with Crippen molar-refractivity contribution in [2.75, 3.05) is 23.4 Å². The Morgan fingerprint density at radius 2 is 1.94 bits per heavy atom. The molecule has 2 aromatic carbocycles. The molecule has 4 rings (SSSR count). The molecule has 1 spiro atoms. The molecular formula is C24H28FN3O4S. The summed E-state index contributed by atoms with van der Waals surface area (Å²) in [5.74, 6) is -1.48. The first-order chi connectivity index (χ1) is 15.3. The molecule has 2 atom stereocenters. The number of halogens is 1. The zero-order valence-corrected chi connectivity index (χ0v) is 19.9. The van der Waals surface area contributed by atoms with Crippen molar-refractivity contribution in [1.82, 2.24) is 5.32 Å².